The van der Waals surface area contributed by atoms with E-state index in [1.54, 1.807) is 0 Å². The molecular weight excluding hydrogens is 130 g/mol. The summed E-state index contributed by atoms with van der Waals surface area (Å²) in [6.07, 6.45) is 0.629. The van der Waals surface area contributed by atoms with Crippen LogP contribution in [0.4, 0.5) is 4.79 Å². The molecule has 0 saturated carbocycles. The van der Waals surface area contributed by atoms with E-state index in [4.69, 9.17) is 5.26 Å². The van der Waals surface area contributed by atoms with Crippen molar-refractivity contribution in [3.05, 3.63) is 0 Å². The SMILES string of the molecule is CCC(C#N)NC(=O)NC. The molecule has 0 bridgehead atoms. The van der Waals surface area contributed by atoms with E-state index in [9.17, 15) is 4.79 Å². The Morgan fingerprint density at radius 1 is 1.80 bits per heavy atom. The lowest BCUT2D eigenvalue weighted by atomic mass is 10.2. The van der Waals surface area contributed by atoms with Crippen LogP contribution < -0.4 is 10.6 Å². The second-order valence-electron chi connectivity index (χ2n) is 1.81. The van der Waals surface area contributed by atoms with Crippen LogP contribution in [-0.2, 0) is 0 Å². The fourth-order valence-electron chi connectivity index (χ4n) is 0.456. The van der Waals surface area contributed by atoms with Gasteiger partial charge in [0.05, 0.1) is 6.07 Å². The van der Waals surface area contributed by atoms with E-state index in [2.05, 4.69) is 10.6 Å². The first kappa shape index (κ1) is 8.76. The first-order valence-electron chi connectivity index (χ1n) is 3.12. The zero-order chi connectivity index (χ0) is 7.98. The predicted octanol–water partition coefficient (Wildman–Crippen LogP) is 0.218. The number of hydrogen-bond donors (Lipinski definition) is 2. The molecule has 4 nitrogen and oxygen atoms in total. The summed E-state index contributed by atoms with van der Waals surface area (Å²) < 4.78 is 0. The molecule has 0 fully saturated rings. The molecule has 56 valence electrons. The van der Waals surface area contributed by atoms with Crippen LogP contribution in [0.15, 0.2) is 0 Å². The minimum Gasteiger partial charge on any atom is -0.341 e. The molecule has 4 heteroatoms. The Labute approximate surface area is 60.2 Å². The number of nitriles is 1. The van der Waals surface area contributed by atoms with Crippen LogP contribution in [0.2, 0.25) is 0 Å². The second-order valence-corrected chi connectivity index (χ2v) is 1.81. The highest BCUT2D eigenvalue weighted by atomic mass is 16.2. The Balaban J connectivity index is 3.66. The fourth-order valence-corrected chi connectivity index (χ4v) is 0.456. The van der Waals surface area contributed by atoms with Gasteiger partial charge in [0.1, 0.15) is 6.04 Å². The summed E-state index contributed by atoms with van der Waals surface area (Å²) in [4.78, 5) is 10.6. The van der Waals surface area contributed by atoms with Gasteiger partial charge in [-0.2, -0.15) is 5.26 Å². The van der Waals surface area contributed by atoms with E-state index in [0.717, 1.165) is 0 Å². The maximum absolute atomic E-state index is 10.6. The molecule has 0 heterocycles. The van der Waals surface area contributed by atoms with Crippen molar-refractivity contribution in [1.29, 1.82) is 5.26 Å². The number of amides is 2. The third-order valence-corrected chi connectivity index (χ3v) is 1.10. The van der Waals surface area contributed by atoms with Crippen LogP contribution in [-0.4, -0.2) is 19.1 Å². The first-order chi connectivity index (χ1) is 4.74. The standard InChI is InChI=1S/C6H11N3O/c1-3-5(4-7)9-6(10)8-2/h5H,3H2,1-2H3,(H2,8,9,10). The van der Waals surface area contributed by atoms with Crippen molar-refractivity contribution in [2.45, 2.75) is 19.4 Å². The summed E-state index contributed by atoms with van der Waals surface area (Å²) >= 11 is 0. The lowest BCUT2D eigenvalue weighted by molar-refractivity contribution is 0.241. The molecule has 0 aliphatic carbocycles. The van der Waals surface area contributed by atoms with Crippen molar-refractivity contribution in [2.24, 2.45) is 0 Å². The molecule has 0 rings (SSSR count). The number of carbonyl (C=O) groups excluding carboxylic acids is 1. The van der Waals surface area contributed by atoms with Gasteiger partial charge in [0.15, 0.2) is 0 Å². The van der Waals surface area contributed by atoms with Gasteiger partial charge in [0, 0.05) is 7.05 Å². The molecule has 0 aromatic rings. The largest absolute Gasteiger partial charge is 0.341 e. The molecule has 0 aliphatic rings. The number of carbonyl (C=O) groups is 1. The molecule has 0 aromatic heterocycles. The van der Waals surface area contributed by atoms with Crippen LogP contribution in [0.25, 0.3) is 0 Å². The Hall–Kier alpha value is -1.24. The smallest absolute Gasteiger partial charge is 0.315 e. The number of nitrogens with one attached hydrogen (secondary N) is 2. The van der Waals surface area contributed by atoms with Gasteiger partial charge >= 0.3 is 6.03 Å². The van der Waals surface area contributed by atoms with E-state index in [1.165, 1.54) is 7.05 Å². The van der Waals surface area contributed by atoms with Crippen molar-refractivity contribution in [3.8, 4) is 6.07 Å². The van der Waals surface area contributed by atoms with Crippen LogP contribution in [0, 0.1) is 11.3 Å². The monoisotopic (exact) mass is 141 g/mol. The Bertz CT molecular complexity index is 150. The van der Waals surface area contributed by atoms with E-state index in [0.29, 0.717) is 6.42 Å². The third-order valence-electron chi connectivity index (χ3n) is 1.10. The number of urea groups is 1. The summed E-state index contributed by atoms with van der Waals surface area (Å²) in [5.41, 5.74) is 0. The van der Waals surface area contributed by atoms with Gasteiger partial charge in [-0.15, -0.1) is 0 Å². The highest BCUT2D eigenvalue weighted by Gasteiger charge is 2.05. The number of hydrogen-bond acceptors (Lipinski definition) is 2. The number of nitrogens with zero attached hydrogens (tertiary/aromatic N) is 1. The second kappa shape index (κ2) is 4.62. The van der Waals surface area contributed by atoms with Gasteiger partial charge in [-0.1, -0.05) is 6.92 Å². The number of rotatable bonds is 2. The lowest BCUT2D eigenvalue weighted by Gasteiger charge is -2.06. The van der Waals surface area contributed by atoms with E-state index in [-0.39, 0.29) is 12.1 Å². The molecule has 2 N–H and O–H groups in total. The Morgan fingerprint density at radius 3 is 2.70 bits per heavy atom. The average Bonchev–Trinajstić information content (AvgIpc) is 1.99. The van der Waals surface area contributed by atoms with Crippen LogP contribution >= 0.6 is 0 Å². The van der Waals surface area contributed by atoms with Crippen LogP contribution in [0.1, 0.15) is 13.3 Å². The average molecular weight is 141 g/mol. The summed E-state index contributed by atoms with van der Waals surface area (Å²) in [7, 11) is 1.51. The Morgan fingerprint density at radius 2 is 2.40 bits per heavy atom. The molecular formula is C6H11N3O. The highest BCUT2D eigenvalue weighted by molar-refractivity contribution is 5.74. The maximum atomic E-state index is 10.6. The molecule has 0 radical (unpaired) electrons. The molecule has 10 heavy (non-hydrogen) atoms. The molecule has 0 aromatic carbocycles. The Kier molecular flexibility index (Phi) is 4.05. The lowest BCUT2D eigenvalue weighted by Crippen LogP contribution is -2.39. The summed E-state index contributed by atoms with van der Waals surface area (Å²) in [6.45, 7) is 1.84. The van der Waals surface area contributed by atoms with Crippen molar-refractivity contribution < 1.29 is 4.79 Å². The molecule has 0 aliphatic heterocycles. The van der Waals surface area contributed by atoms with Gasteiger partial charge in [0.25, 0.3) is 0 Å². The first-order valence-corrected chi connectivity index (χ1v) is 3.12. The minimum absolute atomic E-state index is 0.312. The van der Waals surface area contributed by atoms with Crippen molar-refractivity contribution in [2.75, 3.05) is 7.05 Å². The van der Waals surface area contributed by atoms with Crippen LogP contribution in [0.3, 0.4) is 0 Å². The summed E-state index contributed by atoms with van der Waals surface area (Å²) in [5, 5.41) is 13.2. The maximum Gasteiger partial charge on any atom is 0.315 e. The molecule has 1 atom stereocenters. The van der Waals surface area contributed by atoms with Crippen molar-refractivity contribution in [1.82, 2.24) is 10.6 Å². The van der Waals surface area contributed by atoms with E-state index in [1.807, 2.05) is 13.0 Å². The van der Waals surface area contributed by atoms with Crippen molar-refractivity contribution >= 4 is 6.03 Å². The van der Waals surface area contributed by atoms with Crippen molar-refractivity contribution in [3.63, 3.8) is 0 Å². The summed E-state index contributed by atoms with van der Waals surface area (Å²) in [6, 6.07) is 1.26. The zero-order valence-electron chi connectivity index (χ0n) is 6.14. The topological polar surface area (TPSA) is 64.9 Å². The molecule has 2 amide bonds. The third kappa shape index (κ3) is 2.92. The van der Waals surface area contributed by atoms with E-state index >= 15 is 0 Å². The molecule has 0 saturated heterocycles. The van der Waals surface area contributed by atoms with E-state index < -0.39 is 0 Å². The van der Waals surface area contributed by atoms with Gasteiger partial charge in [-0.25, -0.2) is 4.79 Å². The fraction of sp³-hybridized carbons (Fsp3) is 0.667. The molecule has 0 spiro atoms. The zero-order valence-corrected chi connectivity index (χ0v) is 6.14. The summed E-state index contributed by atoms with van der Waals surface area (Å²) in [5.74, 6) is 0. The van der Waals surface area contributed by atoms with Gasteiger partial charge < -0.3 is 10.6 Å². The van der Waals surface area contributed by atoms with Crippen LogP contribution in [0.5, 0.6) is 0 Å². The van der Waals surface area contributed by atoms with Gasteiger partial charge in [0.2, 0.25) is 0 Å². The molecule has 1 unspecified atom stereocenters. The highest BCUT2D eigenvalue weighted by Crippen LogP contribution is 1.85. The minimum atomic E-state index is -0.375. The predicted molar refractivity (Wildman–Crippen MR) is 37.3 cm³/mol. The quantitative estimate of drug-likeness (QED) is 0.577. The van der Waals surface area contributed by atoms with Gasteiger partial charge in [-0.3, -0.25) is 0 Å². The van der Waals surface area contributed by atoms with Gasteiger partial charge in [-0.05, 0) is 6.42 Å². The normalized spacial score (nSPS) is 11.3.